The van der Waals surface area contributed by atoms with Crippen molar-refractivity contribution in [3.63, 3.8) is 0 Å². The van der Waals surface area contributed by atoms with Crippen LogP contribution < -0.4 is 5.48 Å². The maximum Gasteiger partial charge on any atom is 0.264 e. The molecule has 9 nitrogen and oxygen atoms in total. The van der Waals surface area contributed by atoms with Gasteiger partial charge in [0.05, 0.1) is 24.9 Å². The summed E-state index contributed by atoms with van der Waals surface area (Å²) in [6, 6.07) is 13.0. The highest BCUT2D eigenvalue weighted by Gasteiger charge is 2.43. The highest BCUT2D eigenvalue weighted by atomic mass is 32.2. The second kappa shape index (κ2) is 8.85. The van der Waals surface area contributed by atoms with Crippen molar-refractivity contribution in [2.45, 2.75) is 30.2 Å². The first-order valence-electron chi connectivity index (χ1n) is 10.6. The van der Waals surface area contributed by atoms with Crippen LogP contribution in [0.1, 0.15) is 30.0 Å². The highest BCUT2D eigenvalue weighted by Crippen LogP contribution is 2.29. The minimum atomic E-state index is -3.78. The molecule has 1 aliphatic heterocycles. The molecule has 1 unspecified atom stereocenters. The van der Waals surface area contributed by atoms with Crippen molar-refractivity contribution in [3.05, 3.63) is 65.4 Å². The van der Waals surface area contributed by atoms with Gasteiger partial charge in [0.15, 0.2) is 14.6 Å². The second-order valence-corrected chi connectivity index (χ2v) is 11.1. The van der Waals surface area contributed by atoms with Gasteiger partial charge in [0.25, 0.3) is 5.91 Å². The van der Waals surface area contributed by atoms with Gasteiger partial charge in [0, 0.05) is 29.3 Å². The van der Waals surface area contributed by atoms with E-state index in [1.165, 1.54) is 12.4 Å². The van der Waals surface area contributed by atoms with Crippen molar-refractivity contribution in [1.29, 1.82) is 0 Å². The molecule has 0 spiro atoms. The van der Waals surface area contributed by atoms with E-state index in [2.05, 4.69) is 16.9 Å². The zero-order chi connectivity index (χ0) is 24.6. The van der Waals surface area contributed by atoms with Gasteiger partial charge in [0.2, 0.25) is 0 Å². The summed E-state index contributed by atoms with van der Waals surface area (Å²) in [6.07, 6.45) is 2.56. The molecule has 1 atom stereocenters. The molecule has 178 valence electrons. The summed E-state index contributed by atoms with van der Waals surface area (Å²) in [6.45, 7) is 2.04. The van der Waals surface area contributed by atoms with Crippen LogP contribution in [0.5, 0.6) is 0 Å². The number of carbonyl (C=O) groups is 1. The Kier molecular flexibility index (Phi) is 6.22. The van der Waals surface area contributed by atoms with E-state index in [1.54, 1.807) is 10.9 Å². The Morgan fingerprint density at radius 2 is 1.85 bits per heavy atom. The molecule has 1 amide bonds. The minimum Gasteiger partial charge on any atom is -0.380 e. The molecule has 2 aromatic carbocycles. The number of rotatable bonds is 6. The van der Waals surface area contributed by atoms with Gasteiger partial charge in [-0.1, -0.05) is 24.0 Å². The number of benzene rings is 2. The fourth-order valence-electron chi connectivity index (χ4n) is 3.72. The van der Waals surface area contributed by atoms with Gasteiger partial charge < -0.3 is 9.84 Å². The summed E-state index contributed by atoms with van der Waals surface area (Å²) in [5, 5.41) is 24.4. The Hall–Kier alpha value is -3.23. The lowest BCUT2D eigenvalue weighted by atomic mass is 9.91. The summed E-state index contributed by atoms with van der Waals surface area (Å²) < 4.78 is 29.2. The number of ether oxygens (including phenoxy) is 1. The highest BCUT2D eigenvalue weighted by molar-refractivity contribution is 7.92. The number of carbonyl (C=O) groups excluding carboxylic acids is 1. The number of nitrogens with one attached hydrogen (secondary N) is 1. The van der Waals surface area contributed by atoms with Gasteiger partial charge in [-0.15, -0.1) is 0 Å². The van der Waals surface area contributed by atoms with Gasteiger partial charge in [-0.2, -0.15) is 5.10 Å². The van der Waals surface area contributed by atoms with Crippen molar-refractivity contribution in [2.75, 3.05) is 19.5 Å². The maximum atomic E-state index is 12.2. The Labute approximate surface area is 197 Å². The van der Waals surface area contributed by atoms with Crippen molar-refractivity contribution in [2.24, 2.45) is 0 Å². The molecular weight excluding hydrogens is 458 g/mol. The minimum absolute atomic E-state index is 0.0617. The van der Waals surface area contributed by atoms with Crippen LogP contribution >= 0.6 is 0 Å². The number of hydrogen-bond donors (Lipinski definition) is 3. The third-order valence-electron chi connectivity index (χ3n) is 6.30. The van der Waals surface area contributed by atoms with Crippen LogP contribution in [0.15, 0.2) is 48.7 Å². The van der Waals surface area contributed by atoms with E-state index in [-0.39, 0.29) is 13.0 Å². The van der Waals surface area contributed by atoms with E-state index in [1.807, 2.05) is 42.5 Å². The molecule has 4 rings (SSSR count). The van der Waals surface area contributed by atoms with Crippen LogP contribution in [0, 0.1) is 11.8 Å². The number of aromatic nitrogens is 2. The molecule has 0 bridgehead atoms. The molecule has 34 heavy (non-hydrogen) atoms. The van der Waals surface area contributed by atoms with E-state index >= 15 is 0 Å². The van der Waals surface area contributed by atoms with Crippen molar-refractivity contribution in [3.8, 4) is 11.8 Å². The maximum absolute atomic E-state index is 12.2. The normalized spacial score (nSPS) is 16.7. The van der Waals surface area contributed by atoms with E-state index in [0.717, 1.165) is 33.8 Å². The standard InChI is InChI=1S/C24H25N3O6S/c1-23(22(28)26-30,34(2,31)32)11-12-27-21-10-7-18(13-19(21)14-25-27)4-3-17-5-8-20(9-6-17)24(29)15-33-16-24/h5-10,13-14,29-30H,11-12,15-16H2,1-2H3,(H,26,28). The molecule has 3 aromatic rings. The van der Waals surface area contributed by atoms with E-state index < -0.39 is 26.1 Å². The predicted molar refractivity (Wildman–Crippen MR) is 125 cm³/mol. The van der Waals surface area contributed by atoms with Crippen molar-refractivity contribution in [1.82, 2.24) is 15.3 Å². The predicted octanol–water partition coefficient (Wildman–Crippen LogP) is 1.35. The number of hydrogen-bond acceptors (Lipinski definition) is 7. The Bertz CT molecular complexity index is 1400. The third-order valence-corrected chi connectivity index (χ3v) is 8.32. The van der Waals surface area contributed by atoms with Crippen LogP contribution in [0.2, 0.25) is 0 Å². The van der Waals surface area contributed by atoms with Crippen LogP contribution in [-0.4, -0.2) is 58.6 Å². The molecule has 0 aliphatic carbocycles. The van der Waals surface area contributed by atoms with Gasteiger partial charge in [0.1, 0.15) is 5.60 Å². The first kappa shape index (κ1) is 23.9. The lowest BCUT2D eigenvalue weighted by Crippen LogP contribution is -2.49. The van der Waals surface area contributed by atoms with E-state index in [9.17, 15) is 18.3 Å². The van der Waals surface area contributed by atoms with Crippen LogP contribution in [0.25, 0.3) is 10.9 Å². The molecule has 1 aliphatic rings. The lowest BCUT2D eigenvalue weighted by molar-refractivity contribution is -0.184. The fourth-order valence-corrected chi connectivity index (χ4v) is 4.56. The number of nitrogens with zero attached hydrogens (tertiary/aromatic N) is 2. The largest absolute Gasteiger partial charge is 0.380 e. The SMILES string of the molecule is CC(CCn1ncc2cc(C#Cc3ccc(C4(O)COC4)cc3)ccc21)(C(=O)NO)S(C)(=O)=O. The first-order valence-corrected chi connectivity index (χ1v) is 12.5. The first-order chi connectivity index (χ1) is 16.1. The third kappa shape index (κ3) is 4.43. The topological polar surface area (TPSA) is 131 Å². The Balaban J connectivity index is 1.50. The smallest absolute Gasteiger partial charge is 0.264 e. The number of aryl methyl sites for hydroxylation is 1. The summed E-state index contributed by atoms with van der Waals surface area (Å²) in [5.74, 6) is 5.24. The molecule has 0 radical (unpaired) electrons. The number of fused-ring (bicyclic) bond motifs is 1. The molecule has 1 fully saturated rings. The van der Waals surface area contributed by atoms with Crippen molar-refractivity contribution < 1.29 is 28.3 Å². The van der Waals surface area contributed by atoms with E-state index in [0.29, 0.717) is 13.2 Å². The average Bonchev–Trinajstić information content (AvgIpc) is 3.21. The fraction of sp³-hybridized carbons (Fsp3) is 0.333. The molecule has 2 heterocycles. The quantitative estimate of drug-likeness (QED) is 0.274. The molecule has 1 saturated heterocycles. The Morgan fingerprint density at radius 3 is 2.44 bits per heavy atom. The van der Waals surface area contributed by atoms with Crippen LogP contribution in [-0.2, 0) is 31.5 Å². The molecule has 10 heteroatoms. The summed E-state index contributed by atoms with van der Waals surface area (Å²) in [4.78, 5) is 12.0. The lowest BCUT2D eigenvalue weighted by Gasteiger charge is -2.36. The zero-order valence-electron chi connectivity index (χ0n) is 18.8. The van der Waals surface area contributed by atoms with Gasteiger partial charge in [-0.25, -0.2) is 13.9 Å². The molecule has 3 N–H and O–H groups in total. The Morgan fingerprint density at radius 1 is 1.21 bits per heavy atom. The van der Waals surface area contributed by atoms with Crippen LogP contribution in [0.4, 0.5) is 0 Å². The zero-order valence-corrected chi connectivity index (χ0v) is 19.6. The second-order valence-electron chi connectivity index (χ2n) is 8.69. The number of aliphatic hydroxyl groups is 1. The monoisotopic (exact) mass is 483 g/mol. The number of sulfone groups is 1. The molecule has 0 saturated carbocycles. The average molecular weight is 484 g/mol. The molecular formula is C24H25N3O6S. The molecule has 1 aromatic heterocycles. The van der Waals surface area contributed by atoms with E-state index in [4.69, 9.17) is 9.94 Å². The van der Waals surface area contributed by atoms with Gasteiger partial charge >= 0.3 is 0 Å². The summed E-state index contributed by atoms with van der Waals surface area (Å²) in [5.41, 5.74) is 3.71. The summed E-state index contributed by atoms with van der Waals surface area (Å²) >= 11 is 0. The van der Waals surface area contributed by atoms with Crippen molar-refractivity contribution >= 4 is 26.6 Å². The van der Waals surface area contributed by atoms with Gasteiger partial charge in [-0.05, 0) is 49.2 Å². The van der Waals surface area contributed by atoms with Crippen LogP contribution in [0.3, 0.4) is 0 Å². The van der Waals surface area contributed by atoms with Gasteiger partial charge in [-0.3, -0.25) is 14.7 Å². The number of amides is 1. The number of hydroxylamine groups is 1. The summed E-state index contributed by atoms with van der Waals surface area (Å²) in [7, 11) is -3.78.